The van der Waals surface area contributed by atoms with Crippen molar-refractivity contribution in [2.24, 2.45) is 5.10 Å². The smallest absolute Gasteiger partial charge is 0.271 e. The molecule has 1 N–H and O–H groups in total. The molecule has 0 aliphatic carbocycles. The van der Waals surface area contributed by atoms with Crippen molar-refractivity contribution >= 4 is 33.2 Å². The van der Waals surface area contributed by atoms with Crippen molar-refractivity contribution in [3.8, 4) is 0 Å². The van der Waals surface area contributed by atoms with Crippen molar-refractivity contribution in [1.82, 2.24) is 5.43 Å². The Morgan fingerprint density at radius 2 is 1.55 bits per heavy atom. The maximum Gasteiger partial charge on any atom is 0.271 e. The molecule has 0 saturated heterocycles. The van der Waals surface area contributed by atoms with Crippen LogP contribution >= 0.6 is 15.9 Å². The van der Waals surface area contributed by atoms with E-state index in [0.29, 0.717) is 5.56 Å². The van der Waals surface area contributed by atoms with Crippen molar-refractivity contribution in [3.63, 3.8) is 0 Å². The molecule has 0 spiro atoms. The highest BCUT2D eigenvalue weighted by Gasteiger charge is 2.05. The summed E-state index contributed by atoms with van der Waals surface area (Å²) in [6, 6.07) is 15.2. The Balaban J connectivity index is 2.05. The Labute approximate surface area is 139 Å². The molecule has 0 radical (unpaired) electrons. The number of hydrazone groups is 1. The Kier molecular flexibility index (Phi) is 5.33. The number of rotatable bonds is 4. The first-order valence-corrected chi connectivity index (χ1v) is 7.64. The van der Waals surface area contributed by atoms with Crippen LogP contribution in [0.3, 0.4) is 0 Å². The quantitative estimate of drug-likeness (QED) is 0.668. The number of halogens is 1. The minimum atomic E-state index is -0.221. The summed E-state index contributed by atoms with van der Waals surface area (Å²) in [5, 5.41) is 4.15. The molecule has 4 nitrogen and oxygen atoms in total. The summed E-state index contributed by atoms with van der Waals surface area (Å²) in [7, 11) is 3.92. The number of carbonyl (C=O) groups is 1. The minimum absolute atomic E-state index is 0.221. The van der Waals surface area contributed by atoms with E-state index in [4.69, 9.17) is 0 Å². The van der Waals surface area contributed by atoms with Crippen LogP contribution in [0, 0.1) is 0 Å². The zero-order valence-electron chi connectivity index (χ0n) is 12.8. The number of amides is 1. The molecule has 114 valence electrons. The average molecular weight is 360 g/mol. The summed E-state index contributed by atoms with van der Waals surface area (Å²) in [6.45, 7) is 1.86. The SMILES string of the molecule is C/C(=N\NC(=O)c1ccc(N(C)C)cc1)c1ccc(Br)cc1. The highest BCUT2D eigenvalue weighted by Crippen LogP contribution is 2.13. The molecule has 1 amide bonds. The monoisotopic (exact) mass is 359 g/mol. The number of benzene rings is 2. The van der Waals surface area contributed by atoms with Crippen LogP contribution in [0.15, 0.2) is 58.1 Å². The van der Waals surface area contributed by atoms with Gasteiger partial charge in [-0.15, -0.1) is 0 Å². The van der Waals surface area contributed by atoms with E-state index in [9.17, 15) is 4.79 Å². The van der Waals surface area contributed by atoms with Gasteiger partial charge in [0, 0.05) is 29.8 Å². The number of carbonyl (C=O) groups excluding carboxylic acids is 1. The van der Waals surface area contributed by atoms with Gasteiger partial charge in [0.25, 0.3) is 5.91 Å². The molecule has 0 unspecified atom stereocenters. The highest BCUT2D eigenvalue weighted by atomic mass is 79.9. The molecule has 0 heterocycles. The van der Waals surface area contributed by atoms with Crippen molar-refractivity contribution in [2.45, 2.75) is 6.92 Å². The molecule has 2 aromatic carbocycles. The summed E-state index contributed by atoms with van der Waals surface area (Å²) >= 11 is 3.39. The van der Waals surface area contributed by atoms with Gasteiger partial charge in [0.1, 0.15) is 0 Å². The molecule has 0 aliphatic heterocycles. The molecule has 2 rings (SSSR count). The summed E-state index contributed by atoms with van der Waals surface area (Å²) in [5.41, 5.74) is 5.93. The highest BCUT2D eigenvalue weighted by molar-refractivity contribution is 9.10. The first-order valence-electron chi connectivity index (χ1n) is 6.85. The third kappa shape index (κ3) is 4.18. The Hall–Kier alpha value is -2.14. The number of anilines is 1. The molecule has 2 aromatic rings. The summed E-state index contributed by atoms with van der Waals surface area (Å²) in [5.74, 6) is -0.221. The second-order valence-electron chi connectivity index (χ2n) is 5.09. The average Bonchev–Trinajstić information content (AvgIpc) is 2.53. The second-order valence-corrected chi connectivity index (χ2v) is 6.00. The lowest BCUT2D eigenvalue weighted by molar-refractivity contribution is 0.0955. The van der Waals surface area contributed by atoms with Gasteiger partial charge >= 0.3 is 0 Å². The van der Waals surface area contributed by atoms with E-state index in [1.807, 2.05) is 62.3 Å². The Morgan fingerprint density at radius 1 is 1.00 bits per heavy atom. The van der Waals surface area contributed by atoms with Crippen molar-refractivity contribution in [1.29, 1.82) is 0 Å². The fraction of sp³-hybridized carbons (Fsp3) is 0.176. The predicted molar refractivity (Wildman–Crippen MR) is 94.6 cm³/mol. The van der Waals surface area contributed by atoms with Crippen LogP contribution < -0.4 is 10.3 Å². The summed E-state index contributed by atoms with van der Waals surface area (Å²) < 4.78 is 1.01. The largest absolute Gasteiger partial charge is 0.378 e. The van der Waals surface area contributed by atoms with Gasteiger partial charge in [0.15, 0.2) is 0 Å². The van der Waals surface area contributed by atoms with Crippen LogP contribution in [0.25, 0.3) is 0 Å². The molecular formula is C17H18BrN3O. The lowest BCUT2D eigenvalue weighted by atomic mass is 10.1. The van der Waals surface area contributed by atoms with Crippen molar-refractivity contribution in [2.75, 3.05) is 19.0 Å². The normalized spacial score (nSPS) is 11.2. The van der Waals surface area contributed by atoms with Crippen LogP contribution in [0.4, 0.5) is 5.69 Å². The fourth-order valence-electron chi connectivity index (χ4n) is 1.87. The fourth-order valence-corrected chi connectivity index (χ4v) is 2.13. The predicted octanol–water partition coefficient (Wildman–Crippen LogP) is 3.67. The van der Waals surface area contributed by atoms with Gasteiger partial charge < -0.3 is 4.90 Å². The van der Waals surface area contributed by atoms with Crippen LogP contribution in [0.1, 0.15) is 22.8 Å². The van der Waals surface area contributed by atoms with E-state index < -0.39 is 0 Å². The zero-order valence-corrected chi connectivity index (χ0v) is 14.4. The first-order chi connectivity index (χ1) is 10.5. The van der Waals surface area contributed by atoms with Gasteiger partial charge in [0.05, 0.1) is 5.71 Å². The number of nitrogens with one attached hydrogen (secondary N) is 1. The minimum Gasteiger partial charge on any atom is -0.378 e. The van der Waals surface area contributed by atoms with E-state index in [1.165, 1.54) is 0 Å². The van der Waals surface area contributed by atoms with E-state index in [1.54, 1.807) is 12.1 Å². The van der Waals surface area contributed by atoms with Crippen LogP contribution in [0.5, 0.6) is 0 Å². The van der Waals surface area contributed by atoms with E-state index in [0.717, 1.165) is 21.4 Å². The Bertz CT molecular complexity index is 676. The van der Waals surface area contributed by atoms with Gasteiger partial charge in [-0.3, -0.25) is 4.79 Å². The van der Waals surface area contributed by atoms with E-state index in [2.05, 4.69) is 26.5 Å². The number of hydrogen-bond acceptors (Lipinski definition) is 3. The molecule has 0 aliphatic rings. The topological polar surface area (TPSA) is 44.7 Å². The number of nitrogens with zero attached hydrogens (tertiary/aromatic N) is 2. The molecule has 5 heteroatoms. The van der Waals surface area contributed by atoms with Gasteiger partial charge in [-0.25, -0.2) is 5.43 Å². The standard InChI is InChI=1S/C17H18BrN3O/c1-12(13-4-8-15(18)9-5-13)19-20-17(22)14-6-10-16(11-7-14)21(2)3/h4-11H,1-3H3,(H,20,22)/b19-12+. The molecule has 0 atom stereocenters. The van der Waals surface area contributed by atoms with Crippen LogP contribution in [-0.2, 0) is 0 Å². The molecule has 0 bridgehead atoms. The lowest BCUT2D eigenvalue weighted by Crippen LogP contribution is -2.19. The third-order valence-electron chi connectivity index (χ3n) is 3.23. The summed E-state index contributed by atoms with van der Waals surface area (Å²) in [4.78, 5) is 14.1. The third-order valence-corrected chi connectivity index (χ3v) is 3.76. The second kappa shape index (κ2) is 7.22. The van der Waals surface area contributed by atoms with E-state index in [-0.39, 0.29) is 5.91 Å². The van der Waals surface area contributed by atoms with Gasteiger partial charge in [0.2, 0.25) is 0 Å². The maximum absolute atomic E-state index is 12.1. The molecule has 0 fully saturated rings. The lowest BCUT2D eigenvalue weighted by Gasteiger charge is -2.12. The molecule has 22 heavy (non-hydrogen) atoms. The number of hydrogen-bond donors (Lipinski definition) is 1. The van der Waals surface area contributed by atoms with Gasteiger partial charge in [-0.05, 0) is 48.9 Å². The Morgan fingerprint density at radius 3 is 2.09 bits per heavy atom. The maximum atomic E-state index is 12.1. The van der Waals surface area contributed by atoms with Gasteiger partial charge in [-0.1, -0.05) is 28.1 Å². The van der Waals surface area contributed by atoms with Crippen LogP contribution in [-0.4, -0.2) is 25.7 Å². The molecular weight excluding hydrogens is 342 g/mol. The summed E-state index contributed by atoms with van der Waals surface area (Å²) in [6.07, 6.45) is 0. The zero-order chi connectivity index (χ0) is 16.1. The molecule has 0 saturated carbocycles. The molecule has 0 aromatic heterocycles. The van der Waals surface area contributed by atoms with Gasteiger partial charge in [-0.2, -0.15) is 5.10 Å². The first kappa shape index (κ1) is 16.2. The van der Waals surface area contributed by atoms with Crippen molar-refractivity contribution < 1.29 is 4.79 Å². The van der Waals surface area contributed by atoms with Crippen molar-refractivity contribution in [3.05, 3.63) is 64.1 Å². The van der Waals surface area contributed by atoms with E-state index >= 15 is 0 Å². The van der Waals surface area contributed by atoms with Crippen LogP contribution in [0.2, 0.25) is 0 Å².